The molecule has 5 nitrogen and oxygen atoms in total. The number of carboxylic acid groups (broad SMARTS) is 1. The Morgan fingerprint density at radius 1 is 1.56 bits per heavy atom. The van der Waals surface area contributed by atoms with Crippen LogP contribution in [0.15, 0.2) is 34.4 Å². The Morgan fingerprint density at radius 2 is 2.33 bits per heavy atom. The Balaban J connectivity index is 2.53. The second-order valence-corrected chi connectivity index (χ2v) is 4.51. The predicted octanol–water partition coefficient (Wildman–Crippen LogP) is 1.61. The standard InChI is InChI=1S/C12H10N2O3S/c1-14-12(17)8(4-5-11(15)16)7-9(13-14)10-3-2-6-18-10/h2-7H,1H3,(H,15,16)/b5-4+. The first-order valence-electron chi connectivity index (χ1n) is 5.11. The van der Waals surface area contributed by atoms with Crippen molar-refractivity contribution in [1.82, 2.24) is 9.78 Å². The van der Waals surface area contributed by atoms with Gasteiger partial charge in [0.05, 0.1) is 4.88 Å². The van der Waals surface area contributed by atoms with Crippen LogP contribution in [-0.4, -0.2) is 20.9 Å². The van der Waals surface area contributed by atoms with Gasteiger partial charge < -0.3 is 5.11 Å². The van der Waals surface area contributed by atoms with Crippen molar-refractivity contribution >= 4 is 23.4 Å². The minimum absolute atomic E-state index is 0.304. The third-order valence-electron chi connectivity index (χ3n) is 2.27. The van der Waals surface area contributed by atoms with Gasteiger partial charge in [0.15, 0.2) is 0 Å². The third kappa shape index (κ3) is 2.54. The maximum atomic E-state index is 11.8. The molecule has 0 spiro atoms. The Morgan fingerprint density at radius 3 is 2.94 bits per heavy atom. The lowest BCUT2D eigenvalue weighted by Crippen LogP contribution is -2.22. The molecule has 0 bridgehead atoms. The van der Waals surface area contributed by atoms with Crippen LogP contribution in [0.25, 0.3) is 16.6 Å². The zero-order valence-corrected chi connectivity index (χ0v) is 10.3. The molecule has 2 rings (SSSR count). The third-order valence-corrected chi connectivity index (χ3v) is 3.16. The lowest BCUT2D eigenvalue weighted by Gasteiger charge is -2.02. The van der Waals surface area contributed by atoms with Crippen LogP contribution in [-0.2, 0) is 11.8 Å². The van der Waals surface area contributed by atoms with Crippen molar-refractivity contribution in [2.45, 2.75) is 0 Å². The van der Waals surface area contributed by atoms with Gasteiger partial charge in [-0.3, -0.25) is 4.79 Å². The molecule has 0 aliphatic heterocycles. The molecule has 0 fully saturated rings. The molecule has 0 unspecified atom stereocenters. The number of aryl methyl sites for hydroxylation is 1. The van der Waals surface area contributed by atoms with Crippen molar-refractivity contribution in [1.29, 1.82) is 0 Å². The van der Waals surface area contributed by atoms with E-state index in [1.807, 2.05) is 17.5 Å². The second-order valence-electron chi connectivity index (χ2n) is 3.56. The molecule has 18 heavy (non-hydrogen) atoms. The first-order chi connectivity index (χ1) is 8.58. The summed E-state index contributed by atoms with van der Waals surface area (Å²) < 4.78 is 1.20. The molecular formula is C12H10N2O3S. The number of hydrogen-bond donors (Lipinski definition) is 1. The summed E-state index contributed by atoms with van der Waals surface area (Å²) in [4.78, 5) is 23.2. The van der Waals surface area contributed by atoms with E-state index in [2.05, 4.69) is 5.10 Å². The fourth-order valence-electron chi connectivity index (χ4n) is 1.46. The lowest BCUT2D eigenvalue weighted by molar-refractivity contribution is -0.131. The molecule has 2 aromatic heterocycles. The number of aromatic nitrogens is 2. The zero-order valence-electron chi connectivity index (χ0n) is 9.53. The van der Waals surface area contributed by atoms with Crippen molar-refractivity contribution in [3.63, 3.8) is 0 Å². The first-order valence-corrected chi connectivity index (χ1v) is 5.99. The molecule has 2 heterocycles. The summed E-state index contributed by atoms with van der Waals surface area (Å²) in [5.41, 5.74) is 0.628. The van der Waals surface area contributed by atoms with Gasteiger partial charge in [0.25, 0.3) is 5.56 Å². The van der Waals surface area contributed by atoms with E-state index in [1.165, 1.54) is 29.1 Å². The van der Waals surface area contributed by atoms with Crippen molar-refractivity contribution in [3.05, 3.63) is 45.6 Å². The Bertz CT molecular complexity index is 656. The lowest BCUT2D eigenvalue weighted by atomic mass is 10.2. The maximum absolute atomic E-state index is 11.8. The van der Waals surface area contributed by atoms with Gasteiger partial charge in [0.1, 0.15) is 5.69 Å². The highest BCUT2D eigenvalue weighted by Crippen LogP contribution is 2.22. The van der Waals surface area contributed by atoms with Gasteiger partial charge in [0.2, 0.25) is 0 Å². The van der Waals surface area contributed by atoms with Crippen LogP contribution in [0.3, 0.4) is 0 Å². The summed E-state index contributed by atoms with van der Waals surface area (Å²) in [7, 11) is 1.54. The van der Waals surface area contributed by atoms with E-state index in [9.17, 15) is 9.59 Å². The number of carbonyl (C=O) groups is 1. The molecule has 6 heteroatoms. The van der Waals surface area contributed by atoms with Gasteiger partial charge in [-0.05, 0) is 23.6 Å². The number of carboxylic acids is 1. The highest BCUT2D eigenvalue weighted by Gasteiger charge is 2.07. The highest BCUT2D eigenvalue weighted by molar-refractivity contribution is 7.13. The van der Waals surface area contributed by atoms with E-state index in [4.69, 9.17) is 5.11 Å². The molecule has 0 radical (unpaired) electrons. The number of hydrogen-bond acceptors (Lipinski definition) is 4. The van der Waals surface area contributed by atoms with Crippen LogP contribution in [0, 0.1) is 0 Å². The molecular weight excluding hydrogens is 252 g/mol. The van der Waals surface area contributed by atoms with Gasteiger partial charge in [-0.2, -0.15) is 5.10 Å². The molecule has 92 valence electrons. The van der Waals surface area contributed by atoms with E-state index in [-0.39, 0.29) is 5.56 Å². The van der Waals surface area contributed by atoms with Gasteiger partial charge in [-0.25, -0.2) is 9.48 Å². The summed E-state index contributed by atoms with van der Waals surface area (Å²) in [5.74, 6) is -1.09. The highest BCUT2D eigenvalue weighted by atomic mass is 32.1. The van der Waals surface area contributed by atoms with Gasteiger partial charge in [-0.1, -0.05) is 6.07 Å². The van der Waals surface area contributed by atoms with Crippen molar-refractivity contribution < 1.29 is 9.90 Å². The summed E-state index contributed by atoms with van der Waals surface area (Å²) in [6.45, 7) is 0. The molecule has 0 saturated carbocycles. The second kappa shape index (κ2) is 4.97. The number of rotatable bonds is 3. The largest absolute Gasteiger partial charge is 0.478 e. The fourth-order valence-corrected chi connectivity index (χ4v) is 2.14. The minimum Gasteiger partial charge on any atom is -0.478 e. The van der Waals surface area contributed by atoms with E-state index in [0.717, 1.165) is 11.0 Å². The van der Waals surface area contributed by atoms with Gasteiger partial charge >= 0.3 is 5.97 Å². The van der Waals surface area contributed by atoms with Crippen molar-refractivity contribution in [2.24, 2.45) is 7.05 Å². The molecule has 0 atom stereocenters. The Hall–Kier alpha value is -2.21. The molecule has 0 aromatic carbocycles. The quantitative estimate of drug-likeness (QED) is 0.853. The van der Waals surface area contributed by atoms with Crippen LogP contribution in [0.5, 0.6) is 0 Å². The van der Waals surface area contributed by atoms with E-state index in [0.29, 0.717) is 11.3 Å². The van der Waals surface area contributed by atoms with E-state index < -0.39 is 5.97 Å². The van der Waals surface area contributed by atoms with Crippen LogP contribution in [0.2, 0.25) is 0 Å². The van der Waals surface area contributed by atoms with Crippen molar-refractivity contribution in [3.8, 4) is 10.6 Å². The number of thiophene rings is 1. The summed E-state index contributed by atoms with van der Waals surface area (Å²) in [6.07, 6.45) is 2.22. The SMILES string of the molecule is Cn1nc(-c2cccs2)cc(/C=C/C(=O)O)c1=O. The fraction of sp³-hybridized carbons (Fsp3) is 0.0833. The Kier molecular flexibility index (Phi) is 3.38. The molecule has 2 aromatic rings. The average molecular weight is 262 g/mol. The number of aliphatic carboxylic acids is 1. The molecule has 0 aliphatic rings. The smallest absolute Gasteiger partial charge is 0.328 e. The Labute approximate surface area is 107 Å². The molecule has 0 saturated heterocycles. The minimum atomic E-state index is -1.09. The topological polar surface area (TPSA) is 72.2 Å². The van der Waals surface area contributed by atoms with E-state index in [1.54, 1.807) is 6.07 Å². The van der Waals surface area contributed by atoms with Crippen LogP contribution >= 0.6 is 11.3 Å². The molecule has 0 amide bonds. The predicted molar refractivity (Wildman–Crippen MR) is 69.5 cm³/mol. The van der Waals surface area contributed by atoms with Gasteiger partial charge in [0, 0.05) is 18.7 Å². The number of nitrogens with zero attached hydrogens (tertiary/aromatic N) is 2. The van der Waals surface area contributed by atoms with Gasteiger partial charge in [-0.15, -0.1) is 11.3 Å². The first kappa shape index (κ1) is 12.3. The monoisotopic (exact) mass is 262 g/mol. The molecule has 1 N–H and O–H groups in total. The summed E-state index contributed by atoms with van der Waals surface area (Å²) in [5, 5.41) is 14.6. The average Bonchev–Trinajstić information content (AvgIpc) is 2.84. The summed E-state index contributed by atoms with van der Waals surface area (Å²) >= 11 is 1.51. The maximum Gasteiger partial charge on any atom is 0.328 e. The summed E-state index contributed by atoms with van der Waals surface area (Å²) in [6, 6.07) is 5.37. The van der Waals surface area contributed by atoms with E-state index >= 15 is 0 Å². The molecule has 0 aliphatic carbocycles. The van der Waals surface area contributed by atoms with Crippen LogP contribution < -0.4 is 5.56 Å². The zero-order chi connectivity index (χ0) is 13.1. The van der Waals surface area contributed by atoms with Crippen LogP contribution in [0.4, 0.5) is 0 Å². The van der Waals surface area contributed by atoms with Crippen molar-refractivity contribution in [2.75, 3.05) is 0 Å². The van der Waals surface area contributed by atoms with Crippen LogP contribution in [0.1, 0.15) is 5.56 Å². The normalized spacial score (nSPS) is 10.9.